The van der Waals surface area contributed by atoms with Gasteiger partial charge in [-0.05, 0) is 26.8 Å². The lowest BCUT2D eigenvalue weighted by atomic mass is 9.97. The van der Waals surface area contributed by atoms with Gasteiger partial charge in [-0.2, -0.15) is 8.78 Å². The normalized spacial score (nSPS) is 14.5. The minimum Gasteiger partial charge on any atom is -0.462 e. The first-order valence-corrected chi connectivity index (χ1v) is 4.48. The Bertz CT molecular complexity index is 244. The molecular formula is C10H16F2O3. The minimum atomic E-state index is -3.45. The Morgan fingerprint density at radius 3 is 2.33 bits per heavy atom. The molecule has 0 aliphatic heterocycles. The third-order valence-electron chi connectivity index (χ3n) is 1.70. The zero-order chi connectivity index (χ0) is 12.3. The van der Waals surface area contributed by atoms with Crippen LogP contribution in [0.1, 0.15) is 20.8 Å². The fraction of sp³-hybridized carbons (Fsp3) is 0.700. The highest BCUT2D eigenvalue weighted by Crippen LogP contribution is 2.21. The number of rotatable bonds is 4. The van der Waals surface area contributed by atoms with Crippen LogP contribution in [0.15, 0.2) is 12.7 Å². The predicted octanol–water partition coefficient (Wildman–Crippen LogP) is 1.76. The predicted molar refractivity (Wildman–Crippen MR) is 51.6 cm³/mol. The summed E-state index contributed by atoms with van der Waals surface area (Å²) in [5.41, 5.74) is -0.775. The summed E-state index contributed by atoms with van der Waals surface area (Å²) >= 11 is 0. The van der Waals surface area contributed by atoms with Crippen molar-refractivity contribution < 1.29 is 23.4 Å². The molecule has 0 rings (SSSR count). The molecule has 3 nitrogen and oxygen atoms in total. The molecule has 1 N–H and O–H groups in total. The SMILES string of the molecule is C=CC(F)(F)C(O)COC(=O)C(C)(C)C. The summed E-state index contributed by atoms with van der Waals surface area (Å²) in [4.78, 5) is 11.2. The summed E-state index contributed by atoms with van der Waals surface area (Å²) in [7, 11) is 0. The summed E-state index contributed by atoms with van der Waals surface area (Å²) in [6.45, 7) is 6.91. The van der Waals surface area contributed by atoms with Crippen molar-refractivity contribution in [1.29, 1.82) is 0 Å². The Balaban J connectivity index is 4.19. The first kappa shape index (κ1) is 14.0. The Kier molecular flexibility index (Phi) is 4.40. The van der Waals surface area contributed by atoms with Crippen molar-refractivity contribution >= 4 is 5.97 Å². The van der Waals surface area contributed by atoms with Crippen molar-refractivity contribution in [3.8, 4) is 0 Å². The first-order valence-electron chi connectivity index (χ1n) is 4.48. The topological polar surface area (TPSA) is 46.5 Å². The molecule has 0 fully saturated rings. The number of halogens is 2. The van der Waals surface area contributed by atoms with Gasteiger partial charge in [0.25, 0.3) is 5.92 Å². The van der Waals surface area contributed by atoms with Crippen LogP contribution in [-0.4, -0.2) is 29.7 Å². The van der Waals surface area contributed by atoms with Crippen LogP contribution >= 0.6 is 0 Å². The van der Waals surface area contributed by atoms with Crippen LogP contribution in [0.5, 0.6) is 0 Å². The van der Waals surface area contributed by atoms with Gasteiger partial charge >= 0.3 is 5.97 Å². The molecule has 1 unspecified atom stereocenters. The van der Waals surface area contributed by atoms with E-state index in [4.69, 9.17) is 5.11 Å². The van der Waals surface area contributed by atoms with E-state index in [1.165, 1.54) is 0 Å². The second-order valence-corrected chi connectivity index (χ2v) is 4.24. The maximum Gasteiger partial charge on any atom is 0.311 e. The van der Waals surface area contributed by atoms with Crippen LogP contribution in [-0.2, 0) is 9.53 Å². The Hall–Kier alpha value is -0.970. The minimum absolute atomic E-state index is 0.322. The number of esters is 1. The molecule has 0 heterocycles. The smallest absolute Gasteiger partial charge is 0.311 e. The molecule has 0 saturated heterocycles. The van der Waals surface area contributed by atoms with Gasteiger partial charge in [-0.1, -0.05) is 6.58 Å². The second kappa shape index (κ2) is 4.70. The Morgan fingerprint density at radius 1 is 1.53 bits per heavy atom. The summed E-state index contributed by atoms with van der Waals surface area (Å²) in [6.07, 6.45) is -1.73. The van der Waals surface area contributed by atoms with Gasteiger partial charge in [0.15, 0.2) is 6.10 Å². The van der Waals surface area contributed by atoms with Gasteiger partial charge in [0.1, 0.15) is 6.61 Å². The largest absolute Gasteiger partial charge is 0.462 e. The molecular weight excluding hydrogens is 206 g/mol. The first-order chi connectivity index (χ1) is 6.61. The highest BCUT2D eigenvalue weighted by Gasteiger charge is 2.36. The standard InChI is InChI=1S/C10H16F2O3/c1-5-10(11,12)7(13)6-15-8(14)9(2,3)4/h5,7,13H,1,6H2,2-4H3. The van der Waals surface area contributed by atoms with E-state index in [0.717, 1.165) is 0 Å². The van der Waals surface area contributed by atoms with Crippen LogP contribution in [0.3, 0.4) is 0 Å². The summed E-state index contributed by atoms with van der Waals surface area (Å²) in [6, 6.07) is 0. The lowest BCUT2D eigenvalue weighted by molar-refractivity contribution is -0.163. The molecule has 0 aromatic heterocycles. The van der Waals surface area contributed by atoms with Gasteiger partial charge in [-0.15, -0.1) is 0 Å². The van der Waals surface area contributed by atoms with Gasteiger partial charge < -0.3 is 9.84 Å². The molecule has 0 aliphatic rings. The third-order valence-corrected chi connectivity index (χ3v) is 1.70. The fourth-order valence-corrected chi connectivity index (χ4v) is 0.618. The third kappa shape index (κ3) is 4.38. The fourth-order valence-electron chi connectivity index (χ4n) is 0.618. The number of carbonyl (C=O) groups excluding carboxylic acids is 1. The van der Waals surface area contributed by atoms with E-state index in [1.54, 1.807) is 20.8 Å². The quantitative estimate of drug-likeness (QED) is 0.582. The van der Waals surface area contributed by atoms with Crippen LogP contribution in [0.25, 0.3) is 0 Å². The lowest BCUT2D eigenvalue weighted by Crippen LogP contribution is -2.37. The molecule has 0 aromatic carbocycles. The number of aliphatic hydroxyl groups is 1. The molecule has 0 spiro atoms. The van der Waals surface area contributed by atoms with Crippen LogP contribution in [0, 0.1) is 5.41 Å². The summed E-state index contributed by atoms with van der Waals surface area (Å²) in [5.74, 6) is -4.08. The molecule has 1 atom stereocenters. The molecule has 15 heavy (non-hydrogen) atoms. The van der Waals surface area contributed by atoms with E-state index in [0.29, 0.717) is 6.08 Å². The molecule has 0 radical (unpaired) electrons. The van der Waals surface area contributed by atoms with Gasteiger partial charge in [0, 0.05) is 0 Å². The van der Waals surface area contributed by atoms with Crippen LogP contribution in [0.2, 0.25) is 0 Å². The molecule has 5 heteroatoms. The zero-order valence-corrected chi connectivity index (χ0v) is 9.09. The van der Waals surface area contributed by atoms with Crippen molar-refractivity contribution in [2.75, 3.05) is 6.61 Å². The maximum atomic E-state index is 12.7. The second-order valence-electron chi connectivity index (χ2n) is 4.24. The molecule has 0 bridgehead atoms. The highest BCUT2D eigenvalue weighted by molar-refractivity contribution is 5.75. The van der Waals surface area contributed by atoms with Gasteiger partial charge in [-0.25, -0.2) is 0 Å². The zero-order valence-electron chi connectivity index (χ0n) is 9.09. The van der Waals surface area contributed by atoms with Crippen molar-refractivity contribution in [3.63, 3.8) is 0 Å². The molecule has 0 aliphatic carbocycles. The molecule has 0 amide bonds. The highest BCUT2D eigenvalue weighted by atomic mass is 19.3. The number of carbonyl (C=O) groups is 1. The number of ether oxygens (including phenoxy) is 1. The van der Waals surface area contributed by atoms with Crippen molar-refractivity contribution in [1.82, 2.24) is 0 Å². The van der Waals surface area contributed by atoms with Gasteiger partial charge in [0.05, 0.1) is 5.41 Å². The molecule has 88 valence electrons. The monoisotopic (exact) mass is 222 g/mol. The summed E-state index contributed by atoms with van der Waals surface area (Å²) in [5, 5.41) is 8.99. The van der Waals surface area contributed by atoms with E-state index in [9.17, 15) is 13.6 Å². The van der Waals surface area contributed by atoms with Gasteiger partial charge in [0.2, 0.25) is 0 Å². The van der Waals surface area contributed by atoms with Gasteiger partial charge in [-0.3, -0.25) is 4.79 Å². The summed E-state index contributed by atoms with van der Waals surface area (Å²) < 4.78 is 30.0. The number of hydrogen-bond donors (Lipinski definition) is 1. The number of alkyl halides is 2. The van der Waals surface area contributed by atoms with E-state index < -0.39 is 30.0 Å². The van der Waals surface area contributed by atoms with Crippen LogP contribution < -0.4 is 0 Å². The van der Waals surface area contributed by atoms with E-state index >= 15 is 0 Å². The van der Waals surface area contributed by atoms with Crippen LogP contribution in [0.4, 0.5) is 8.78 Å². The maximum absolute atomic E-state index is 12.7. The Morgan fingerprint density at radius 2 is 2.00 bits per heavy atom. The van der Waals surface area contributed by atoms with E-state index in [-0.39, 0.29) is 0 Å². The van der Waals surface area contributed by atoms with Crippen molar-refractivity contribution in [2.45, 2.75) is 32.8 Å². The van der Waals surface area contributed by atoms with Crippen molar-refractivity contribution in [3.05, 3.63) is 12.7 Å². The molecule has 0 saturated carbocycles. The average molecular weight is 222 g/mol. The number of aliphatic hydroxyl groups excluding tert-OH is 1. The number of hydrogen-bond acceptors (Lipinski definition) is 3. The average Bonchev–Trinajstić information content (AvgIpc) is 2.11. The lowest BCUT2D eigenvalue weighted by Gasteiger charge is -2.21. The van der Waals surface area contributed by atoms with E-state index in [1.807, 2.05) is 0 Å². The molecule has 0 aromatic rings. The Labute approximate surface area is 87.7 Å². The van der Waals surface area contributed by atoms with E-state index in [2.05, 4.69) is 11.3 Å². The van der Waals surface area contributed by atoms with Crippen molar-refractivity contribution in [2.24, 2.45) is 5.41 Å².